The van der Waals surface area contributed by atoms with Crippen molar-refractivity contribution in [3.05, 3.63) is 23.7 Å². The molecule has 35 heteroatoms. The van der Waals surface area contributed by atoms with Crippen LogP contribution in [0.5, 0.6) is 0 Å². The number of nitrogens with two attached hydrogens (primary N) is 4. The van der Waals surface area contributed by atoms with Crippen LogP contribution in [-0.2, 0) is 71.3 Å². The molecule has 0 saturated heterocycles. The monoisotopic (exact) mass is 1170 g/mol. The lowest BCUT2D eigenvalue weighted by molar-refractivity contribution is -0.153. The summed E-state index contributed by atoms with van der Waals surface area (Å²) in [6.45, 7) is -0.484. The number of aliphatic hydroxyl groups is 4. The Kier molecular flexibility index (Phi) is 33.5. The molecule has 0 unspecified atom stereocenters. The van der Waals surface area contributed by atoms with Gasteiger partial charge in [0, 0.05) is 33.4 Å². The van der Waals surface area contributed by atoms with Crippen LogP contribution in [0.3, 0.4) is 0 Å². The van der Waals surface area contributed by atoms with Crippen molar-refractivity contribution in [1.29, 1.82) is 0 Å². The number of alkyl carbamates (subject to hydrolysis) is 3. The predicted molar refractivity (Wildman–Crippen MR) is 275 cm³/mol. The van der Waals surface area contributed by atoms with Crippen molar-refractivity contribution in [2.75, 3.05) is 112 Å². The van der Waals surface area contributed by atoms with E-state index >= 15 is 0 Å². The standard InChI is InChI=1S/C46H75N11O24/c1-4-8-71-12-13-72-14-15-73-16-17-74-18-19-78-46(70)55-27(24-79-45(69)52-7-11-76-37(31(63)23-59)39-35(54-26(3)61)29(57-43(49)50)21-33(81-39)41(66)67)5-9-77-44(68)51-6-10-75-36(30(62)22-58)38-34(53-25(2)60)28(56-42(47)48)20-32(80-38)40(64)65/h1,20-21,27-31,34-39,58-59,62-63H,5-19,22-24H2,2-3H3,(H,51,68)(H,52,69)(H,53,60)(H,54,61)(H,55,70)(H,64,65)(H,66,67)(H4,47,48,56)(H4,49,50,57)/t27-,28-,29-,30+,31+,34+,35+,36+,37+,38+,39+/m0/s1. The second-order valence-electron chi connectivity index (χ2n) is 17.0. The number of rotatable bonds is 39. The van der Waals surface area contributed by atoms with E-state index in [0.717, 1.165) is 26.0 Å². The van der Waals surface area contributed by atoms with Crippen molar-refractivity contribution in [3.8, 4) is 12.3 Å². The van der Waals surface area contributed by atoms with Crippen LogP contribution < -0.4 is 49.5 Å². The highest BCUT2D eigenvalue weighted by Crippen LogP contribution is 2.28. The lowest BCUT2D eigenvalue weighted by Crippen LogP contribution is -2.60. The third kappa shape index (κ3) is 28.0. The van der Waals surface area contributed by atoms with Gasteiger partial charge >= 0.3 is 30.2 Å². The zero-order chi connectivity index (χ0) is 60.3. The summed E-state index contributed by atoms with van der Waals surface area (Å²) in [5.41, 5.74) is 22.1. The number of carboxylic acid groups (broad SMARTS) is 2. The Balaban J connectivity index is 2.07. The Morgan fingerprint density at radius 2 is 1.02 bits per heavy atom. The van der Waals surface area contributed by atoms with Gasteiger partial charge in [-0.25, -0.2) is 34.0 Å². The first kappa shape index (κ1) is 69.6. The Morgan fingerprint density at radius 3 is 1.42 bits per heavy atom. The summed E-state index contributed by atoms with van der Waals surface area (Å²) in [4.78, 5) is 94.6. The fraction of sp³-hybridized carbons (Fsp3) is 0.674. The van der Waals surface area contributed by atoms with E-state index < -0.39 is 172 Å². The van der Waals surface area contributed by atoms with Crippen LogP contribution in [0.2, 0.25) is 0 Å². The number of terminal acetylenes is 1. The van der Waals surface area contributed by atoms with Crippen LogP contribution in [-0.4, -0.2) is 264 Å². The molecule has 0 spiro atoms. The summed E-state index contributed by atoms with van der Waals surface area (Å²) in [5, 5.41) is 72.8. The van der Waals surface area contributed by atoms with E-state index in [1.54, 1.807) is 0 Å². The average molecular weight is 1170 g/mol. The van der Waals surface area contributed by atoms with Crippen LogP contribution in [0.1, 0.15) is 20.3 Å². The van der Waals surface area contributed by atoms with Crippen LogP contribution in [0, 0.1) is 12.3 Å². The molecule has 0 saturated carbocycles. The van der Waals surface area contributed by atoms with Crippen molar-refractivity contribution in [2.45, 2.75) is 87.1 Å². The number of carbonyl (C=O) groups excluding carboxylic acids is 5. The van der Waals surface area contributed by atoms with Crippen molar-refractivity contribution in [1.82, 2.24) is 26.6 Å². The molecule has 458 valence electrons. The number of hydrogen-bond acceptors (Lipinski definition) is 24. The van der Waals surface area contributed by atoms with Crippen molar-refractivity contribution in [3.63, 3.8) is 0 Å². The Bertz CT molecular complexity index is 2160. The molecule has 35 nitrogen and oxygen atoms in total. The minimum Gasteiger partial charge on any atom is -0.478 e. The summed E-state index contributed by atoms with van der Waals surface area (Å²) in [5.74, 6) is -4.30. The number of hydrogen-bond donors (Lipinski definition) is 15. The summed E-state index contributed by atoms with van der Waals surface area (Å²) < 4.78 is 59.5. The number of nitrogens with zero attached hydrogens (tertiary/aromatic N) is 2. The lowest BCUT2D eigenvalue weighted by Gasteiger charge is -2.40. The minimum atomic E-state index is -1.74. The summed E-state index contributed by atoms with van der Waals surface area (Å²) in [6, 6.07) is -6.00. The molecular formula is C46H75N11O24. The molecular weight excluding hydrogens is 1090 g/mol. The second-order valence-corrected chi connectivity index (χ2v) is 17.0. The van der Waals surface area contributed by atoms with Crippen LogP contribution >= 0.6 is 0 Å². The number of amides is 5. The van der Waals surface area contributed by atoms with Gasteiger partial charge < -0.3 is 132 Å². The number of ether oxygens (including phenoxy) is 11. The molecule has 0 radical (unpaired) electrons. The van der Waals surface area contributed by atoms with Crippen molar-refractivity contribution >= 4 is 54.0 Å². The molecule has 2 aliphatic rings. The minimum absolute atomic E-state index is 0.0359. The number of nitrogens with one attached hydrogen (secondary N) is 5. The van der Waals surface area contributed by atoms with Gasteiger partial charge in [-0.2, -0.15) is 0 Å². The SMILES string of the molecule is C#CCOCCOCCOCCOCCOC(=O)N[C@@H](CCOC(=O)NCCO[C@@H]([C@@H]1OC(C(=O)O)=C[C@H](N=C(N)N)[C@H]1NC(C)=O)[C@H](O)CO)COC(=O)NCCO[C@@H]([C@@H]1OC(C(=O)O)=C[C@H](N=C(N)N)[C@H]1NC(C)=O)[C@H](O)CO. The lowest BCUT2D eigenvalue weighted by atomic mass is 9.92. The molecule has 2 heterocycles. The Labute approximate surface area is 464 Å². The van der Waals surface area contributed by atoms with Gasteiger partial charge in [-0.1, -0.05) is 5.92 Å². The Morgan fingerprint density at radius 1 is 0.617 bits per heavy atom. The second kappa shape index (κ2) is 39.0. The number of guanidine groups is 2. The van der Waals surface area contributed by atoms with Gasteiger partial charge in [0.1, 0.15) is 44.2 Å². The highest BCUT2D eigenvalue weighted by atomic mass is 16.6. The van der Waals surface area contributed by atoms with Crippen molar-refractivity contribution in [2.24, 2.45) is 32.9 Å². The predicted octanol–water partition coefficient (Wildman–Crippen LogP) is -6.87. The summed E-state index contributed by atoms with van der Waals surface area (Å²) in [7, 11) is 0. The number of aliphatic imine (C=N–C) groups is 2. The van der Waals surface area contributed by atoms with Gasteiger partial charge in [-0.15, -0.1) is 6.42 Å². The van der Waals surface area contributed by atoms with Crippen LogP contribution in [0.4, 0.5) is 14.4 Å². The third-order valence-corrected chi connectivity index (χ3v) is 10.7. The smallest absolute Gasteiger partial charge is 0.407 e. The van der Waals surface area contributed by atoms with E-state index in [0.29, 0.717) is 19.8 Å². The van der Waals surface area contributed by atoms with Crippen LogP contribution in [0.15, 0.2) is 33.7 Å². The number of aliphatic hydroxyl groups excluding tert-OH is 4. The normalized spacial score (nSPS) is 20.2. The summed E-state index contributed by atoms with van der Waals surface area (Å²) >= 11 is 0. The molecule has 0 fully saturated rings. The fourth-order valence-corrected chi connectivity index (χ4v) is 7.31. The van der Waals surface area contributed by atoms with Gasteiger partial charge in [-0.3, -0.25) is 9.59 Å². The molecule has 0 aromatic heterocycles. The quantitative estimate of drug-likeness (QED) is 0.00894. The number of carboxylic acids is 2. The first-order valence-corrected chi connectivity index (χ1v) is 24.9. The molecule has 0 aromatic rings. The maximum Gasteiger partial charge on any atom is 0.407 e. The van der Waals surface area contributed by atoms with E-state index in [1.165, 1.54) is 0 Å². The molecule has 2 rings (SSSR count). The maximum atomic E-state index is 12.9. The fourth-order valence-electron chi connectivity index (χ4n) is 7.31. The molecule has 5 amide bonds. The topological polar surface area (TPSA) is 531 Å². The largest absolute Gasteiger partial charge is 0.478 e. The zero-order valence-electron chi connectivity index (χ0n) is 44.5. The molecule has 0 aromatic carbocycles. The van der Waals surface area contributed by atoms with Crippen molar-refractivity contribution < 1.29 is 116 Å². The van der Waals surface area contributed by atoms with Crippen LogP contribution in [0.25, 0.3) is 0 Å². The number of aliphatic carboxylic acids is 2. The first-order valence-electron chi connectivity index (χ1n) is 24.9. The number of carbonyl (C=O) groups is 7. The molecule has 81 heavy (non-hydrogen) atoms. The van der Waals surface area contributed by atoms with E-state index in [4.69, 9.17) is 81.5 Å². The van der Waals surface area contributed by atoms with Gasteiger partial charge in [0.15, 0.2) is 24.1 Å². The van der Waals surface area contributed by atoms with E-state index in [2.05, 4.69) is 42.5 Å². The molecule has 0 bridgehead atoms. The van der Waals surface area contributed by atoms with E-state index in [9.17, 15) is 64.2 Å². The molecule has 11 atom stereocenters. The first-order chi connectivity index (χ1) is 38.6. The van der Waals surface area contributed by atoms with E-state index in [-0.39, 0.29) is 59.2 Å². The van der Waals surface area contributed by atoms with Gasteiger partial charge in [0.05, 0.1) is 109 Å². The highest BCUT2D eigenvalue weighted by molar-refractivity contribution is 5.86. The van der Waals surface area contributed by atoms with E-state index in [1.807, 2.05) is 0 Å². The average Bonchev–Trinajstić information content (AvgIpc) is 3.54. The summed E-state index contributed by atoms with van der Waals surface area (Å²) in [6.07, 6.45) is -5.75. The van der Waals surface area contributed by atoms with Gasteiger partial charge in [-0.05, 0) is 12.2 Å². The maximum absolute atomic E-state index is 12.9. The third-order valence-electron chi connectivity index (χ3n) is 10.7. The highest BCUT2D eigenvalue weighted by Gasteiger charge is 2.46. The molecule has 0 aliphatic carbocycles. The van der Waals surface area contributed by atoms with Gasteiger partial charge in [0.25, 0.3) is 0 Å². The van der Waals surface area contributed by atoms with Gasteiger partial charge in [0.2, 0.25) is 23.3 Å². The zero-order valence-corrected chi connectivity index (χ0v) is 44.5. The molecule has 19 N–H and O–H groups in total. The molecule has 2 aliphatic heterocycles. The Hall–Kier alpha value is -7.53.